The van der Waals surface area contributed by atoms with Crippen LogP contribution in [0.1, 0.15) is 10.4 Å². The molecular weight excluding hydrogens is 367 g/mol. The molecule has 0 radical (unpaired) electrons. The quantitative estimate of drug-likeness (QED) is 0.725. The Kier molecular flexibility index (Phi) is 5.23. The molecule has 0 aliphatic rings. The van der Waals surface area contributed by atoms with Crippen molar-refractivity contribution in [3.8, 4) is 0 Å². The highest BCUT2D eigenvalue weighted by Gasteiger charge is 2.16. The maximum Gasteiger partial charge on any atom is 0.261 e. The van der Waals surface area contributed by atoms with E-state index in [4.69, 9.17) is 0 Å². The highest BCUT2D eigenvalue weighted by atomic mass is 32.2. The largest absolute Gasteiger partial charge is 0.311 e. The fourth-order valence-corrected chi connectivity index (χ4v) is 3.53. The lowest BCUT2D eigenvalue weighted by Gasteiger charge is -2.17. The molecule has 0 heterocycles. The van der Waals surface area contributed by atoms with Gasteiger partial charge in [-0.05, 0) is 60.7 Å². The summed E-state index contributed by atoms with van der Waals surface area (Å²) < 4.78 is 40.0. The Bertz CT molecular complexity index is 1030. The number of carbonyl (C=O) groups is 1. The third kappa shape index (κ3) is 4.32. The second kappa shape index (κ2) is 7.59. The predicted molar refractivity (Wildman–Crippen MR) is 103 cm³/mol. The van der Waals surface area contributed by atoms with Crippen molar-refractivity contribution in [3.63, 3.8) is 0 Å². The minimum atomic E-state index is -3.83. The molecule has 0 aromatic heterocycles. The van der Waals surface area contributed by atoms with Gasteiger partial charge in [-0.3, -0.25) is 9.52 Å². The second-order valence-electron chi connectivity index (χ2n) is 5.84. The van der Waals surface area contributed by atoms with Crippen molar-refractivity contribution in [2.75, 3.05) is 16.7 Å². The molecule has 1 amide bonds. The summed E-state index contributed by atoms with van der Waals surface area (Å²) in [5, 5.41) is 0. The number of hydrogen-bond acceptors (Lipinski definition) is 3. The molecule has 7 heteroatoms. The Morgan fingerprint density at radius 2 is 1.48 bits per heavy atom. The summed E-state index contributed by atoms with van der Waals surface area (Å²) in [7, 11) is -2.17. The highest BCUT2D eigenvalue weighted by Crippen LogP contribution is 2.19. The molecule has 0 unspecified atom stereocenters. The van der Waals surface area contributed by atoms with Crippen LogP contribution in [0.15, 0.2) is 83.8 Å². The van der Waals surface area contributed by atoms with E-state index in [0.717, 1.165) is 17.8 Å². The van der Waals surface area contributed by atoms with Crippen molar-refractivity contribution < 1.29 is 17.6 Å². The summed E-state index contributed by atoms with van der Waals surface area (Å²) in [6.45, 7) is 0. The first kappa shape index (κ1) is 18.6. The van der Waals surface area contributed by atoms with E-state index in [1.165, 1.54) is 29.2 Å². The predicted octanol–water partition coefficient (Wildman–Crippen LogP) is 3.90. The zero-order valence-corrected chi connectivity index (χ0v) is 15.3. The number of amides is 1. The molecule has 0 fully saturated rings. The highest BCUT2D eigenvalue weighted by molar-refractivity contribution is 7.92. The van der Waals surface area contributed by atoms with Gasteiger partial charge in [0.2, 0.25) is 0 Å². The number of nitrogens with zero attached hydrogens (tertiary/aromatic N) is 1. The van der Waals surface area contributed by atoms with Crippen LogP contribution in [-0.4, -0.2) is 21.4 Å². The standard InChI is InChI=1S/C20H17FN2O3S/c1-23(18-5-3-2-4-6-18)20(24)15-7-11-17(12-8-15)22-27(25,26)19-13-9-16(21)10-14-19/h2-14,22H,1H3. The molecule has 138 valence electrons. The molecule has 5 nitrogen and oxygen atoms in total. The lowest BCUT2D eigenvalue weighted by atomic mass is 10.1. The number of sulfonamides is 1. The summed E-state index contributed by atoms with van der Waals surface area (Å²) >= 11 is 0. The lowest BCUT2D eigenvalue weighted by molar-refractivity contribution is 0.0993. The summed E-state index contributed by atoms with van der Waals surface area (Å²) in [6, 6.07) is 19.8. The molecule has 3 rings (SSSR count). The smallest absolute Gasteiger partial charge is 0.261 e. The molecule has 0 atom stereocenters. The van der Waals surface area contributed by atoms with Gasteiger partial charge in [-0.25, -0.2) is 12.8 Å². The molecule has 3 aromatic rings. The average Bonchev–Trinajstić information content (AvgIpc) is 2.68. The van der Waals surface area contributed by atoms with E-state index in [0.29, 0.717) is 11.3 Å². The molecule has 0 spiro atoms. The van der Waals surface area contributed by atoms with Crippen molar-refractivity contribution in [3.05, 3.63) is 90.2 Å². The van der Waals surface area contributed by atoms with Crippen molar-refractivity contribution in [1.82, 2.24) is 0 Å². The van der Waals surface area contributed by atoms with Crippen molar-refractivity contribution >= 4 is 27.3 Å². The third-order valence-electron chi connectivity index (χ3n) is 3.96. The topological polar surface area (TPSA) is 66.5 Å². The van der Waals surface area contributed by atoms with E-state index in [2.05, 4.69) is 4.72 Å². The van der Waals surface area contributed by atoms with Crippen LogP contribution >= 0.6 is 0 Å². The van der Waals surface area contributed by atoms with Gasteiger partial charge >= 0.3 is 0 Å². The van der Waals surface area contributed by atoms with E-state index in [1.807, 2.05) is 30.3 Å². The minimum Gasteiger partial charge on any atom is -0.311 e. The van der Waals surface area contributed by atoms with E-state index < -0.39 is 15.8 Å². The average molecular weight is 384 g/mol. The minimum absolute atomic E-state index is 0.0483. The molecule has 0 aliphatic heterocycles. The first-order valence-corrected chi connectivity index (χ1v) is 9.57. The number of carbonyl (C=O) groups excluding carboxylic acids is 1. The van der Waals surface area contributed by atoms with Gasteiger partial charge in [-0.15, -0.1) is 0 Å². The number of nitrogens with one attached hydrogen (secondary N) is 1. The Balaban J connectivity index is 1.75. The van der Waals surface area contributed by atoms with E-state index in [-0.39, 0.29) is 10.8 Å². The molecular formula is C20H17FN2O3S. The van der Waals surface area contributed by atoms with Crippen LogP contribution in [0.2, 0.25) is 0 Å². The van der Waals surface area contributed by atoms with E-state index in [9.17, 15) is 17.6 Å². The molecule has 0 bridgehead atoms. The van der Waals surface area contributed by atoms with E-state index >= 15 is 0 Å². The monoisotopic (exact) mass is 384 g/mol. The normalized spacial score (nSPS) is 11.0. The number of anilines is 2. The fraction of sp³-hybridized carbons (Fsp3) is 0.0500. The number of benzene rings is 3. The van der Waals surface area contributed by atoms with Crippen molar-refractivity contribution in [1.29, 1.82) is 0 Å². The van der Waals surface area contributed by atoms with Crippen LogP contribution < -0.4 is 9.62 Å². The van der Waals surface area contributed by atoms with Crippen LogP contribution in [0.25, 0.3) is 0 Å². The van der Waals surface area contributed by atoms with Crippen LogP contribution in [0, 0.1) is 5.82 Å². The third-order valence-corrected chi connectivity index (χ3v) is 5.35. The summed E-state index contributed by atoms with van der Waals surface area (Å²) in [5.74, 6) is -0.728. The van der Waals surface area contributed by atoms with Crippen LogP contribution in [-0.2, 0) is 10.0 Å². The van der Waals surface area contributed by atoms with Gasteiger partial charge in [0.05, 0.1) is 4.90 Å². The SMILES string of the molecule is CN(C(=O)c1ccc(NS(=O)(=O)c2ccc(F)cc2)cc1)c1ccccc1. The van der Waals surface area contributed by atoms with Gasteiger partial charge in [0.25, 0.3) is 15.9 Å². The Morgan fingerprint density at radius 3 is 2.07 bits per heavy atom. The zero-order valence-electron chi connectivity index (χ0n) is 14.5. The molecule has 0 aliphatic carbocycles. The summed E-state index contributed by atoms with van der Waals surface area (Å²) in [6.07, 6.45) is 0. The van der Waals surface area contributed by atoms with Gasteiger partial charge < -0.3 is 4.90 Å². The molecule has 27 heavy (non-hydrogen) atoms. The maximum atomic E-state index is 13.0. The van der Waals surface area contributed by atoms with Crippen molar-refractivity contribution in [2.24, 2.45) is 0 Å². The van der Waals surface area contributed by atoms with Gasteiger partial charge in [0.15, 0.2) is 0 Å². The van der Waals surface area contributed by atoms with Crippen molar-refractivity contribution in [2.45, 2.75) is 4.90 Å². The summed E-state index contributed by atoms with van der Waals surface area (Å²) in [5.41, 5.74) is 1.48. The fourth-order valence-electron chi connectivity index (χ4n) is 2.47. The second-order valence-corrected chi connectivity index (χ2v) is 7.52. The lowest BCUT2D eigenvalue weighted by Crippen LogP contribution is -2.26. The number of para-hydroxylation sites is 1. The molecule has 0 saturated carbocycles. The maximum absolute atomic E-state index is 13.0. The number of rotatable bonds is 5. The van der Waals surface area contributed by atoms with Gasteiger partial charge in [-0.1, -0.05) is 18.2 Å². The Morgan fingerprint density at radius 1 is 0.889 bits per heavy atom. The Hall–Kier alpha value is -3.19. The van der Waals surface area contributed by atoms with E-state index in [1.54, 1.807) is 19.2 Å². The number of hydrogen-bond donors (Lipinski definition) is 1. The Labute approximate surface area is 157 Å². The zero-order chi connectivity index (χ0) is 19.4. The summed E-state index contributed by atoms with van der Waals surface area (Å²) in [4.78, 5) is 14.0. The van der Waals surface area contributed by atoms with Crippen LogP contribution in [0.3, 0.4) is 0 Å². The molecule has 0 saturated heterocycles. The first-order chi connectivity index (χ1) is 12.9. The van der Waals surface area contributed by atoms with Gasteiger partial charge in [0.1, 0.15) is 5.82 Å². The number of halogens is 1. The van der Waals surface area contributed by atoms with Gasteiger partial charge in [-0.2, -0.15) is 0 Å². The van der Waals surface area contributed by atoms with Crippen LogP contribution in [0.5, 0.6) is 0 Å². The molecule has 1 N–H and O–H groups in total. The van der Waals surface area contributed by atoms with Gasteiger partial charge in [0, 0.05) is 24.0 Å². The van der Waals surface area contributed by atoms with Crippen LogP contribution in [0.4, 0.5) is 15.8 Å². The molecule has 3 aromatic carbocycles. The first-order valence-electron chi connectivity index (χ1n) is 8.08.